The number of furan rings is 1. The number of aliphatic imine (C=N–C) groups is 1. The van der Waals surface area contributed by atoms with E-state index in [2.05, 4.69) is 20.3 Å². The lowest BCUT2D eigenvalue weighted by Gasteiger charge is -2.12. The van der Waals surface area contributed by atoms with Crippen molar-refractivity contribution in [3.8, 4) is 0 Å². The molecule has 0 aliphatic carbocycles. The number of aryl methyl sites for hydroxylation is 1. The van der Waals surface area contributed by atoms with Crippen LogP contribution in [0.1, 0.15) is 11.3 Å². The Balaban J connectivity index is 0.00000338. The van der Waals surface area contributed by atoms with Crippen molar-refractivity contribution in [1.29, 1.82) is 0 Å². The first-order chi connectivity index (χ1) is 12.0. The van der Waals surface area contributed by atoms with Gasteiger partial charge in [-0.1, -0.05) is 17.7 Å². The van der Waals surface area contributed by atoms with Crippen LogP contribution in [0.5, 0.6) is 0 Å². The fraction of sp³-hybridized carbons (Fsp3) is 0.353. The van der Waals surface area contributed by atoms with Crippen LogP contribution in [-0.4, -0.2) is 41.1 Å². The molecule has 2 rings (SSSR count). The molecule has 0 amide bonds. The van der Waals surface area contributed by atoms with Gasteiger partial charge in [0.2, 0.25) is 10.0 Å². The average Bonchev–Trinajstić information content (AvgIpc) is 3.11. The first-order valence-corrected chi connectivity index (χ1v) is 9.53. The van der Waals surface area contributed by atoms with Gasteiger partial charge in [-0.15, -0.1) is 24.0 Å². The zero-order valence-corrected chi connectivity index (χ0v) is 18.0. The summed E-state index contributed by atoms with van der Waals surface area (Å²) in [6, 6.07) is 10.5. The number of guanidine groups is 1. The van der Waals surface area contributed by atoms with Crippen molar-refractivity contribution in [3.63, 3.8) is 0 Å². The number of nitrogens with zero attached hydrogens (tertiary/aromatic N) is 1. The molecular formula is C17H25IN4O3S. The molecule has 144 valence electrons. The number of halogens is 1. The highest BCUT2D eigenvalue weighted by Gasteiger charge is 2.12. The molecule has 3 N–H and O–H groups in total. The highest BCUT2D eigenvalue weighted by molar-refractivity contribution is 14.0. The van der Waals surface area contributed by atoms with Gasteiger partial charge in [0.15, 0.2) is 5.96 Å². The maximum absolute atomic E-state index is 12.2. The predicted octanol–water partition coefficient (Wildman–Crippen LogP) is 1.89. The second kappa shape index (κ2) is 11.2. The van der Waals surface area contributed by atoms with Crippen LogP contribution in [0.3, 0.4) is 0 Å². The van der Waals surface area contributed by atoms with Crippen molar-refractivity contribution in [1.82, 2.24) is 15.4 Å². The molecule has 0 aliphatic heterocycles. The molecule has 0 saturated heterocycles. The van der Waals surface area contributed by atoms with Crippen molar-refractivity contribution < 1.29 is 12.8 Å². The van der Waals surface area contributed by atoms with Gasteiger partial charge in [-0.3, -0.25) is 4.99 Å². The Kier molecular flexibility index (Phi) is 9.66. The Labute approximate surface area is 171 Å². The minimum atomic E-state index is -3.49. The lowest BCUT2D eigenvalue weighted by atomic mass is 10.2. The largest absolute Gasteiger partial charge is 0.469 e. The number of nitrogens with one attached hydrogen (secondary N) is 3. The Hall–Kier alpha value is -1.59. The Morgan fingerprint density at radius 3 is 2.38 bits per heavy atom. The van der Waals surface area contributed by atoms with Crippen LogP contribution in [-0.2, 0) is 16.4 Å². The molecule has 9 heteroatoms. The average molecular weight is 492 g/mol. The van der Waals surface area contributed by atoms with E-state index in [0.717, 1.165) is 17.7 Å². The van der Waals surface area contributed by atoms with Crippen LogP contribution in [0.25, 0.3) is 0 Å². The van der Waals surface area contributed by atoms with Crippen LogP contribution in [0, 0.1) is 6.92 Å². The number of hydrogen-bond donors (Lipinski definition) is 3. The minimum absolute atomic E-state index is 0. The summed E-state index contributed by atoms with van der Waals surface area (Å²) in [4.78, 5) is 4.36. The normalized spacial score (nSPS) is 11.7. The summed E-state index contributed by atoms with van der Waals surface area (Å²) in [5.74, 6) is 1.51. The number of rotatable bonds is 8. The SMILES string of the molecule is CN=C(NCCNS(=O)(=O)c1ccc(C)cc1)NCCc1ccco1.I. The number of hydrogen-bond acceptors (Lipinski definition) is 4. The summed E-state index contributed by atoms with van der Waals surface area (Å²) in [7, 11) is -1.83. The van der Waals surface area contributed by atoms with Gasteiger partial charge < -0.3 is 15.1 Å². The summed E-state index contributed by atoms with van der Waals surface area (Å²) in [6.07, 6.45) is 2.39. The van der Waals surface area contributed by atoms with Gasteiger partial charge in [-0.05, 0) is 31.2 Å². The van der Waals surface area contributed by atoms with Gasteiger partial charge in [0.25, 0.3) is 0 Å². The summed E-state index contributed by atoms with van der Waals surface area (Å²) in [5, 5.41) is 6.21. The topological polar surface area (TPSA) is 95.7 Å². The third-order valence-electron chi connectivity index (χ3n) is 3.51. The van der Waals surface area contributed by atoms with Crippen LogP contribution in [0.2, 0.25) is 0 Å². The molecule has 1 heterocycles. The van der Waals surface area contributed by atoms with Gasteiger partial charge >= 0.3 is 0 Å². The van der Waals surface area contributed by atoms with Gasteiger partial charge in [0.1, 0.15) is 5.76 Å². The molecule has 0 saturated carbocycles. The fourth-order valence-corrected chi connectivity index (χ4v) is 3.18. The maximum atomic E-state index is 12.2. The zero-order valence-electron chi connectivity index (χ0n) is 14.9. The molecule has 26 heavy (non-hydrogen) atoms. The van der Waals surface area contributed by atoms with E-state index in [1.54, 1.807) is 37.6 Å². The molecule has 0 radical (unpaired) electrons. The Bertz CT molecular complexity index is 775. The van der Waals surface area contributed by atoms with Gasteiger partial charge in [0, 0.05) is 33.1 Å². The highest BCUT2D eigenvalue weighted by Crippen LogP contribution is 2.09. The molecule has 0 spiro atoms. The van der Waals surface area contributed by atoms with Crippen molar-refractivity contribution in [3.05, 3.63) is 54.0 Å². The van der Waals surface area contributed by atoms with Crippen molar-refractivity contribution in [2.24, 2.45) is 4.99 Å². The fourth-order valence-electron chi connectivity index (χ4n) is 2.15. The molecule has 2 aromatic rings. The zero-order chi connectivity index (χ0) is 18.1. The quantitative estimate of drug-likeness (QED) is 0.227. The van der Waals surface area contributed by atoms with E-state index in [9.17, 15) is 8.42 Å². The van der Waals surface area contributed by atoms with E-state index in [-0.39, 0.29) is 35.4 Å². The van der Waals surface area contributed by atoms with E-state index in [1.807, 2.05) is 19.1 Å². The van der Waals surface area contributed by atoms with Crippen molar-refractivity contribution in [2.45, 2.75) is 18.2 Å². The van der Waals surface area contributed by atoms with Crippen LogP contribution < -0.4 is 15.4 Å². The minimum Gasteiger partial charge on any atom is -0.469 e. The second-order valence-electron chi connectivity index (χ2n) is 5.47. The second-order valence-corrected chi connectivity index (χ2v) is 7.23. The van der Waals surface area contributed by atoms with E-state index in [4.69, 9.17) is 4.42 Å². The van der Waals surface area contributed by atoms with Crippen LogP contribution in [0.15, 0.2) is 57.0 Å². The molecule has 0 fully saturated rings. The lowest BCUT2D eigenvalue weighted by Crippen LogP contribution is -2.42. The molecule has 0 aliphatic rings. The van der Waals surface area contributed by atoms with E-state index in [1.165, 1.54) is 0 Å². The third-order valence-corrected chi connectivity index (χ3v) is 4.99. The van der Waals surface area contributed by atoms with Crippen molar-refractivity contribution in [2.75, 3.05) is 26.7 Å². The first kappa shape index (κ1) is 22.5. The Morgan fingerprint density at radius 1 is 1.08 bits per heavy atom. The maximum Gasteiger partial charge on any atom is 0.240 e. The summed E-state index contributed by atoms with van der Waals surface area (Å²) >= 11 is 0. The smallest absolute Gasteiger partial charge is 0.240 e. The molecule has 0 unspecified atom stereocenters. The molecule has 7 nitrogen and oxygen atoms in total. The van der Waals surface area contributed by atoms with Gasteiger partial charge in [-0.2, -0.15) is 0 Å². The standard InChI is InChI=1S/C17H24N4O3S.HI/c1-14-5-7-16(8-6-14)25(22,23)21-12-11-20-17(18-2)19-10-9-15-4-3-13-24-15;/h3-8,13,21H,9-12H2,1-2H3,(H2,18,19,20);1H. The highest BCUT2D eigenvalue weighted by atomic mass is 127. The number of benzene rings is 1. The molecular weight excluding hydrogens is 467 g/mol. The molecule has 0 atom stereocenters. The summed E-state index contributed by atoms with van der Waals surface area (Å²) < 4.78 is 32.2. The van der Waals surface area contributed by atoms with Gasteiger partial charge in [-0.25, -0.2) is 13.1 Å². The predicted molar refractivity (Wildman–Crippen MR) is 114 cm³/mol. The molecule has 0 bridgehead atoms. The van der Waals surface area contributed by atoms with Gasteiger partial charge in [0.05, 0.1) is 11.2 Å². The summed E-state index contributed by atoms with van der Waals surface area (Å²) in [5.41, 5.74) is 1.02. The van der Waals surface area contributed by atoms with Crippen LogP contribution in [0.4, 0.5) is 0 Å². The number of sulfonamides is 1. The molecule has 1 aromatic heterocycles. The Morgan fingerprint density at radius 2 is 1.77 bits per heavy atom. The van der Waals surface area contributed by atoms with E-state index < -0.39 is 10.0 Å². The molecule has 1 aromatic carbocycles. The lowest BCUT2D eigenvalue weighted by molar-refractivity contribution is 0.506. The third kappa shape index (κ3) is 7.34. The van der Waals surface area contributed by atoms with Crippen LogP contribution >= 0.6 is 24.0 Å². The summed E-state index contributed by atoms with van der Waals surface area (Å²) in [6.45, 7) is 3.27. The van der Waals surface area contributed by atoms with E-state index in [0.29, 0.717) is 19.0 Å². The van der Waals surface area contributed by atoms with E-state index >= 15 is 0 Å². The van der Waals surface area contributed by atoms with Crippen molar-refractivity contribution >= 4 is 40.0 Å². The monoisotopic (exact) mass is 492 g/mol. The first-order valence-electron chi connectivity index (χ1n) is 8.04.